The third-order valence-electron chi connectivity index (χ3n) is 1.98. The summed E-state index contributed by atoms with van der Waals surface area (Å²) in [4.78, 5) is 4.15. The van der Waals surface area contributed by atoms with Crippen LogP contribution in [0.4, 0.5) is 0 Å². The summed E-state index contributed by atoms with van der Waals surface area (Å²) >= 11 is 0. The molecule has 1 nitrogen and oxygen atoms in total. The zero-order chi connectivity index (χ0) is 11.6. The van der Waals surface area contributed by atoms with Crippen molar-refractivity contribution in [2.75, 3.05) is 0 Å². The largest absolute Gasteiger partial charge is 0.262 e. The monoisotopic (exact) mass is 195 g/mol. The number of aliphatic imine (C=N–C) groups is 1. The third-order valence-corrected chi connectivity index (χ3v) is 1.98. The van der Waals surface area contributed by atoms with Crippen LogP contribution in [0.1, 0.15) is 54.4 Å². The second-order valence-electron chi connectivity index (χ2n) is 2.99. The number of hydrogen-bond acceptors (Lipinski definition) is 1. The van der Waals surface area contributed by atoms with Crippen LogP contribution in [-0.4, -0.2) is 6.21 Å². The Labute approximate surface area is 89.6 Å². The van der Waals surface area contributed by atoms with Crippen LogP contribution in [0.15, 0.2) is 28.4 Å². The summed E-state index contributed by atoms with van der Waals surface area (Å²) in [6.45, 7) is 16.2. The normalized spacial score (nSPS) is 11.9. The molecule has 0 aliphatic heterocycles. The van der Waals surface area contributed by atoms with Gasteiger partial charge >= 0.3 is 0 Å². The van der Waals surface area contributed by atoms with Gasteiger partial charge in [0.1, 0.15) is 0 Å². The van der Waals surface area contributed by atoms with Crippen molar-refractivity contribution in [2.45, 2.75) is 54.4 Å². The van der Waals surface area contributed by atoms with E-state index in [1.807, 2.05) is 20.8 Å². The summed E-state index contributed by atoms with van der Waals surface area (Å²) in [7, 11) is 0. The Morgan fingerprint density at radius 1 is 1.29 bits per heavy atom. The number of hydrogen-bond donors (Lipinski definition) is 0. The van der Waals surface area contributed by atoms with Gasteiger partial charge in [-0.05, 0) is 32.8 Å². The summed E-state index contributed by atoms with van der Waals surface area (Å²) in [5, 5.41) is 0. The Morgan fingerprint density at radius 3 is 2.14 bits per heavy atom. The van der Waals surface area contributed by atoms with E-state index in [2.05, 4.69) is 32.3 Å². The lowest BCUT2D eigenvalue weighted by atomic mass is 10.1. The molecule has 0 aliphatic carbocycles. The van der Waals surface area contributed by atoms with Gasteiger partial charge in [0, 0.05) is 6.21 Å². The fourth-order valence-electron chi connectivity index (χ4n) is 1.06. The molecule has 0 atom stereocenters. The predicted octanol–water partition coefficient (Wildman–Crippen LogP) is 4.75. The van der Waals surface area contributed by atoms with E-state index in [1.54, 1.807) is 6.21 Å². The van der Waals surface area contributed by atoms with Crippen molar-refractivity contribution in [2.24, 2.45) is 4.99 Å². The first-order chi connectivity index (χ1) is 6.63. The molecule has 0 rings (SSSR count). The molecule has 0 bridgehead atoms. The van der Waals surface area contributed by atoms with Crippen molar-refractivity contribution < 1.29 is 0 Å². The Kier molecular flexibility index (Phi) is 11.4. The van der Waals surface area contributed by atoms with Gasteiger partial charge < -0.3 is 0 Å². The van der Waals surface area contributed by atoms with Crippen LogP contribution in [0.2, 0.25) is 0 Å². The SMILES string of the molecule is C=C(N=CC)/C(C)=C(\C)CCC.CC. The Morgan fingerprint density at radius 2 is 1.79 bits per heavy atom. The minimum atomic E-state index is 0.892. The standard InChI is InChI=1S/C11H19N.C2H6/c1-6-8-9(3)10(4)11(5)12-7-2;1-2/h7H,5-6,8H2,1-4H3;1-2H3/b10-9+,12-7?;. The molecule has 82 valence electrons. The Bertz CT molecular complexity index is 209. The second kappa shape index (κ2) is 10.2. The maximum Gasteiger partial charge on any atom is 0.0582 e. The molecule has 0 N–H and O–H groups in total. The van der Waals surface area contributed by atoms with Gasteiger partial charge in [0.25, 0.3) is 0 Å². The summed E-state index contributed by atoms with van der Waals surface area (Å²) < 4.78 is 0. The lowest BCUT2D eigenvalue weighted by Crippen LogP contribution is -1.86. The van der Waals surface area contributed by atoms with E-state index in [9.17, 15) is 0 Å². The van der Waals surface area contributed by atoms with Crippen molar-refractivity contribution in [3.8, 4) is 0 Å². The molecule has 0 aliphatic rings. The van der Waals surface area contributed by atoms with Crippen LogP contribution < -0.4 is 0 Å². The highest BCUT2D eigenvalue weighted by atomic mass is 14.7. The molecule has 0 radical (unpaired) electrons. The Hall–Kier alpha value is -0.850. The van der Waals surface area contributed by atoms with E-state index in [1.165, 1.54) is 17.6 Å². The van der Waals surface area contributed by atoms with Gasteiger partial charge in [-0.3, -0.25) is 4.99 Å². The van der Waals surface area contributed by atoms with E-state index >= 15 is 0 Å². The fraction of sp³-hybridized carbons (Fsp3) is 0.615. The quantitative estimate of drug-likeness (QED) is 0.453. The molecule has 14 heavy (non-hydrogen) atoms. The smallest absolute Gasteiger partial charge is 0.0582 e. The molecular weight excluding hydrogens is 170 g/mol. The van der Waals surface area contributed by atoms with Crippen LogP contribution >= 0.6 is 0 Å². The van der Waals surface area contributed by atoms with Gasteiger partial charge in [0.2, 0.25) is 0 Å². The molecule has 0 saturated carbocycles. The zero-order valence-electron chi connectivity index (χ0n) is 10.6. The molecule has 1 heteroatoms. The molecule has 0 amide bonds. The average Bonchev–Trinajstić information content (AvgIpc) is 2.20. The third kappa shape index (κ3) is 6.64. The molecular formula is C13H25N. The van der Waals surface area contributed by atoms with Crippen LogP contribution in [0.25, 0.3) is 0 Å². The van der Waals surface area contributed by atoms with Crippen LogP contribution in [0.5, 0.6) is 0 Å². The highest BCUT2D eigenvalue weighted by Crippen LogP contribution is 2.16. The van der Waals surface area contributed by atoms with Gasteiger partial charge in [-0.15, -0.1) is 0 Å². The van der Waals surface area contributed by atoms with Crippen LogP contribution in [0, 0.1) is 0 Å². The van der Waals surface area contributed by atoms with Crippen molar-refractivity contribution in [3.05, 3.63) is 23.4 Å². The second-order valence-corrected chi connectivity index (χ2v) is 2.99. The minimum absolute atomic E-state index is 0.892. The molecule has 0 heterocycles. The predicted molar refractivity (Wildman–Crippen MR) is 67.9 cm³/mol. The highest BCUT2D eigenvalue weighted by Gasteiger charge is 1.98. The van der Waals surface area contributed by atoms with Gasteiger partial charge in [-0.2, -0.15) is 0 Å². The zero-order valence-corrected chi connectivity index (χ0v) is 10.6. The summed E-state index contributed by atoms with van der Waals surface area (Å²) in [5.41, 5.74) is 3.52. The number of rotatable bonds is 4. The molecule has 0 saturated heterocycles. The van der Waals surface area contributed by atoms with E-state index in [-0.39, 0.29) is 0 Å². The molecule has 0 aromatic heterocycles. The van der Waals surface area contributed by atoms with E-state index in [0.29, 0.717) is 0 Å². The average molecular weight is 195 g/mol. The van der Waals surface area contributed by atoms with E-state index in [0.717, 1.165) is 12.1 Å². The van der Waals surface area contributed by atoms with E-state index < -0.39 is 0 Å². The molecule has 0 aromatic carbocycles. The van der Waals surface area contributed by atoms with Crippen molar-refractivity contribution in [3.63, 3.8) is 0 Å². The summed E-state index contributed by atoms with van der Waals surface area (Å²) in [6.07, 6.45) is 4.11. The maximum atomic E-state index is 4.15. The lowest BCUT2D eigenvalue weighted by molar-refractivity contribution is 0.891. The first-order valence-electron chi connectivity index (χ1n) is 5.47. The summed E-state index contributed by atoms with van der Waals surface area (Å²) in [5.74, 6) is 0. The molecule has 0 spiro atoms. The van der Waals surface area contributed by atoms with E-state index in [4.69, 9.17) is 0 Å². The highest BCUT2D eigenvalue weighted by molar-refractivity contribution is 5.56. The van der Waals surface area contributed by atoms with Crippen LogP contribution in [-0.2, 0) is 0 Å². The van der Waals surface area contributed by atoms with Gasteiger partial charge in [0.15, 0.2) is 0 Å². The van der Waals surface area contributed by atoms with Gasteiger partial charge in [0.05, 0.1) is 5.70 Å². The summed E-state index contributed by atoms with van der Waals surface area (Å²) in [6, 6.07) is 0. The number of allylic oxidation sites excluding steroid dienone is 2. The maximum absolute atomic E-state index is 4.15. The topological polar surface area (TPSA) is 12.4 Å². The lowest BCUT2D eigenvalue weighted by Gasteiger charge is -2.05. The van der Waals surface area contributed by atoms with Crippen LogP contribution in [0.3, 0.4) is 0 Å². The number of nitrogens with zero attached hydrogens (tertiary/aromatic N) is 1. The van der Waals surface area contributed by atoms with Crippen molar-refractivity contribution >= 4 is 6.21 Å². The van der Waals surface area contributed by atoms with Crippen molar-refractivity contribution in [1.29, 1.82) is 0 Å². The molecule has 0 unspecified atom stereocenters. The van der Waals surface area contributed by atoms with Crippen molar-refractivity contribution in [1.82, 2.24) is 0 Å². The fourth-order valence-corrected chi connectivity index (χ4v) is 1.06. The minimum Gasteiger partial charge on any atom is -0.262 e. The van der Waals surface area contributed by atoms with Gasteiger partial charge in [-0.25, -0.2) is 0 Å². The molecule has 0 aromatic rings. The van der Waals surface area contributed by atoms with Gasteiger partial charge in [-0.1, -0.05) is 39.3 Å². The molecule has 0 fully saturated rings. The first kappa shape index (κ1) is 15.6. The first-order valence-corrected chi connectivity index (χ1v) is 5.47. The Balaban J connectivity index is 0.